The Morgan fingerprint density at radius 1 is 0.955 bits per heavy atom. The largest absolute Gasteiger partial charge is 0.462 e. The van der Waals surface area contributed by atoms with Crippen molar-refractivity contribution in [2.45, 2.75) is 6.92 Å². The zero-order valence-corrected chi connectivity index (χ0v) is 12.1. The van der Waals surface area contributed by atoms with Crippen molar-refractivity contribution >= 4 is 23.4 Å². The lowest BCUT2D eigenvalue weighted by Gasteiger charge is -2.10. The molecule has 0 bridgehead atoms. The molecule has 0 aromatic heterocycles. The van der Waals surface area contributed by atoms with E-state index in [1.807, 2.05) is 30.3 Å². The van der Waals surface area contributed by atoms with E-state index in [2.05, 4.69) is 16.2 Å². The third-order valence-corrected chi connectivity index (χ3v) is 2.75. The van der Waals surface area contributed by atoms with Crippen LogP contribution in [0.25, 0.3) is 0 Å². The van der Waals surface area contributed by atoms with Crippen LogP contribution >= 0.6 is 0 Å². The van der Waals surface area contributed by atoms with Gasteiger partial charge in [-0.15, -0.1) is 0 Å². The summed E-state index contributed by atoms with van der Waals surface area (Å²) in [5, 5.41) is 2.65. The fourth-order valence-electron chi connectivity index (χ4n) is 1.72. The molecular formula is C16H17N3O3. The molecule has 2 amide bonds. The lowest BCUT2D eigenvalue weighted by Crippen LogP contribution is -2.33. The van der Waals surface area contributed by atoms with E-state index in [0.29, 0.717) is 17.9 Å². The zero-order valence-electron chi connectivity index (χ0n) is 12.1. The lowest BCUT2D eigenvalue weighted by atomic mass is 10.2. The number of nitrogens with one attached hydrogen (secondary N) is 3. The van der Waals surface area contributed by atoms with Gasteiger partial charge in [0.25, 0.3) is 0 Å². The fraction of sp³-hybridized carbons (Fsp3) is 0.125. The fourth-order valence-corrected chi connectivity index (χ4v) is 1.72. The summed E-state index contributed by atoms with van der Waals surface area (Å²) >= 11 is 0. The summed E-state index contributed by atoms with van der Waals surface area (Å²) in [6.07, 6.45) is 0. The van der Waals surface area contributed by atoms with Crippen LogP contribution in [0, 0.1) is 0 Å². The number of benzene rings is 2. The van der Waals surface area contributed by atoms with Crippen LogP contribution in [-0.4, -0.2) is 18.6 Å². The Balaban J connectivity index is 1.85. The van der Waals surface area contributed by atoms with Crippen molar-refractivity contribution in [3.05, 3.63) is 60.2 Å². The second-order valence-electron chi connectivity index (χ2n) is 4.37. The van der Waals surface area contributed by atoms with Gasteiger partial charge in [-0.3, -0.25) is 10.9 Å². The summed E-state index contributed by atoms with van der Waals surface area (Å²) in [6.45, 7) is 2.07. The number of ether oxygens (including phenoxy) is 1. The number of hydrazine groups is 1. The van der Waals surface area contributed by atoms with Crippen molar-refractivity contribution in [1.82, 2.24) is 5.43 Å². The van der Waals surface area contributed by atoms with Crippen molar-refractivity contribution in [2.24, 2.45) is 0 Å². The molecule has 2 aromatic rings. The van der Waals surface area contributed by atoms with E-state index in [1.54, 1.807) is 31.2 Å². The molecule has 22 heavy (non-hydrogen) atoms. The number of anilines is 2. The van der Waals surface area contributed by atoms with E-state index in [9.17, 15) is 9.59 Å². The first-order valence-corrected chi connectivity index (χ1v) is 6.84. The van der Waals surface area contributed by atoms with Gasteiger partial charge in [0.2, 0.25) is 0 Å². The Hall–Kier alpha value is -3.02. The summed E-state index contributed by atoms with van der Waals surface area (Å²) in [7, 11) is 0. The van der Waals surface area contributed by atoms with Crippen LogP contribution in [0.5, 0.6) is 0 Å². The van der Waals surface area contributed by atoms with Gasteiger partial charge in [-0.1, -0.05) is 18.2 Å². The SMILES string of the molecule is CCOC(=O)c1ccc(NC(=O)NNc2ccccc2)cc1. The molecule has 0 unspecified atom stereocenters. The Morgan fingerprint density at radius 2 is 1.64 bits per heavy atom. The number of urea groups is 1. The third kappa shape index (κ3) is 4.52. The Labute approximate surface area is 128 Å². The molecule has 0 heterocycles. The number of rotatable bonds is 5. The molecule has 0 saturated heterocycles. The van der Waals surface area contributed by atoms with E-state index in [0.717, 1.165) is 5.69 Å². The molecule has 0 saturated carbocycles. The predicted molar refractivity (Wildman–Crippen MR) is 84.6 cm³/mol. The van der Waals surface area contributed by atoms with Gasteiger partial charge < -0.3 is 10.1 Å². The number of amides is 2. The number of carbonyl (C=O) groups is 2. The number of hydrogen-bond acceptors (Lipinski definition) is 4. The van der Waals surface area contributed by atoms with Crippen molar-refractivity contribution in [3.8, 4) is 0 Å². The Bertz CT molecular complexity index is 627. The maximum atomic E-state index is 11.7. The summed E-state index contributed by atoms with van der Waals surface area (Å²) in [5.41, 5.74) is 7.07. The van der Waals surface area contributed by atoms with E-state index in [1.165, 1.54) is 0 Å². The highest BCUT2D eigenvalue weighted by atomic mass is 16.5. The van der Waals surface area contributed by atoms with Gasteiger partial charge >= 0.3 is 12.0 Å². The lowest BCUT2D eigenvalue weighted by molar-refractivity contribution is 0.0526. The van der Waals surface area contributed by atoms with Crippen LogP contribution in [0.4, 0.5) is 16.2 Å². The summed E-state index contributed by atoms with van der Waals surface area (Å²) in [6, 6.07) is 15.3. The number of para-hydroxylation sites is 1. The van der Waals surface area contributed by atoms with Crippen molar-refractivity contribution in [2.75, 3.05) is 17.3 Å². The minimum Gasteiger partial charge on any atom is -0.462 e. The molecular weight excluding hydrogens is 282 g/mol. The minimum absolute atomic E-state index is 0.326. The quantitative estimate of drug-likeness (QED) is 0.585. The molecule has 0 aliphatic heterocycles. The number of carbonyl (C=O) groups excluding carboxylic acids is 2. The molecule has 0 aliphatic carbocycles. The van der Waals surface area contributed by atoms with Gasteiger partial charge in [0.15, 0.2) is 0 Å². The van der Waals surface area contributed by atoms with Gasteiger partial charge in [-0.05, 0) is 43.3 Å². The van der Waals surface area contributed by atoms with Crippen LogP contribution in [-0.2, 0) is 4.74 Å². The molecule has 0 atom stereocenters. The second kappa shape index (κ2) is 7.68. The molecule has 2 rings (SSSR count). The van der Waals surface area contributed by atoms with Gasteiger partial charge in [0, 0.05) is 5.69 Å². The van der Waals surface area contributed by atoms with Gasteiger partial charge in [0.1, 0.15) is 0 Å². The van der Waals surface area contributed by atoms with Crippen molar-refractivity contribution in [3.63, 3.8) is 0 Å². The van der Waals surface area contributed by atoms with Crippen LogP contribution in [0.2, 0.25) is 0 Å². The standard InChI is InChI=1S/C16H17N3O3/c1-2-22-15(20)12-8-10-13(11-9-12)17-16(21)19-18-14-6-4-3-5-7-14/h3-11,18H,2H2,1H3,(H2,17,19,21). The molecule has 2 aromatic carbocycles. The summed E-state index contributed by atoms with van der Waals surface area (Å²) in [4.78, 5) is 23.2. The van der Waals surface area contributed by atoms with E-state index in [4.69, 9.17) is 4.74 Å². The van der Waals surface area contributed by atoms with E-state index < -0.39 is 6.03 Å². The average Bonchev–Trinajstić information content (AvgIpc) is 2.55. The van der Waals surface area contributed by atoms with Crippen LogP contribution < -0.4 is 16.2 Å². The van der Waals surface area contributed by atoms with Crippen LogP contribution in [0.3, 0.4) is 0 Å². The normalized spacial score (nSPS) is 9.68. The van der Waals surface area contributed by atoms with Gasteiger partial charge in [0.05, 0.1) is 17.9 Å². The summed E-state index contributed by atoms with van der Waals surface area (Å²) < 4.78 is 4.89. The summed E-state index contributed by atoms with van der Waals surface area (Å²) in [5.74, 6) is -0.385. The minimum atomic E-state index is -0.410. The highest BCUT2D eigenvalue weighted by molar-refractivity contribution is 5.92. The molecule has 0 radical (unpaired) electrons. The molecule has 3 N–H and O–H groups in total. The highest BCUT2D eigenvalue weighted by Crippen LogP contribution is 2.10. The maximum Gasteiger partial charge on any atom is 0.338 e. The topological polar surface area (TPSA) is 79.5 Å². The zero-order chi connectivity index (χ0) is 15.8. The van der Waals surface area contributed by atoms with E-state index >= 15 is 0 Å². The number of hydrogen-bond donors (Lipinski definition) is 3. The smallest absolute Gasteiger partial charge is 0.338 e. The van der Waals surface area contributed by atoms with Gasteiger partial charge in [-0.2, -0.15) is 0 Å². The maximum absolute atomic E-state index is 11.7. The highest BCUT2D eigenvalue weighted by Gasteiger charge is 2.06. The van der Waals surface area contributed by atoms with Gasteiger partial charge in [-0.25, -0.2) is 9.59 Å². The van der Waals surface area contributed by atoms with Crippen LogP contribution in [0.15, 0.2) is 54.6 Å². The molecule has 0 aliphatic rings. The van der Waals surface area contributed by atoms with E-state index in [-0.39, 0.29) is 5.97 Å². The second-order valence-corrected chi connectivity index (χ2v) is 4.37. The first-order valence-electron chi connectivity index (χ1n) is 6.84. The third-order valence-electron chi connectivity index (χ3n) is 2.75. The monoisotopic (exact) mass is 299 g/mol. The number of esters is 1. The molecule has 6 nitrogen and oxygen atoms in total. The Morgan fingerprint density at radius 3 is 2.27 bits per heavy atom. The molecule has 0 spiro atoms. The van der Waals surface area contributed by atoms with Crippen molar-refractivity contribution < 1.29 is 14.3 Å². The molecule has 114 valence electrons. The Kier molecular flexibility index (Phi) is 5.37. The molecule has 0 fully saturated rings. The average molecular weight is 299 g/mol. The molecule has 6 heteroatoms. The van der Waals surface area contributed by atoms with Crippen LogP contribution in [0.1, 0.15) is 17.3 Å². The van der Waals surface area contributed by atoms with Crippen molar-refractivity contribution in [1.29, 1.82) is 0 Å². The predicted octanol–water partition coefficient (Wildman–Crippen LogP) is 3.01. The first kappa shape index (κ1) is 15.4. The first-order chi connectivity index (χ1) is 10.7.